The minimum absolute atomic E-state index is 0.115. The van der Waals surface area contributed by atoms with Crippen LogP contribution in [0.1, 0.15) is 16.8 Å². The average molecular weight is 386 g/mol. The Morgan fingerprint density at radius 3 is 2.63 bits per heavy atom. The monoisotopic (exact) mass is 386 g/mol. The minimum Gasteiger partial charge on any atom is -0.496 e. The molecular formula is C19H22N4O3S. The summed E-state index contributed by atoms with van der Waals surface area (Å²) in [5.74, 6) is 0.721. The van der Waals surface area contributed by atoms with Gasteiger partial charge in [0.05, 0.1) is 37.0 Å². The second-order valence-electron chi connectivity index (χ2n) is 6.29. The van der Waals surface area contributed by atoms with Crippen LogP contribution in [0.2, 0.25) is 0 Å². The maximum atomic E-state index is 12.5. The van der Waals surface area contributed by atoms with E-state index in [0.29, 0.717) is 11.4 Å². The lowest BCUT2D eigenvalue weighted by Crippen LogP contribution is -2.30. The molecule has 2 aromatic heterocycles. The molecule has 3 rings (SSSR count). The fraction of sp³-hybridized carbons (Fsp3) is 0.263. The predicted octanol–water partition coefficient (Wildman–Crippen LogP) is 2.86. The predicted molar refractivity (Wildman–Crippen MR) is 105 cm³/mol. The summed E-state index contributed by atoms with van der Waals surface area (Å²) in [4.78, 5) is 4.43. The molecule has 0 aliphatic heterocycles. The number of aromatic nitrogens is 3. The van der Waals surface area contributed by atoms with Crippen LogP contribution in [0.5, 0.6) is 5.75 Å². The van der Waals surface area contributed by atoms with Crippen molar-refractivity contribution >= 4 is 15.7 Å². The maximum absolute atomic E-state index is 12.5. The molecule has 8 heteroatoms. The summed E-state index contributed by atoms with van der Waals surface area (Å²) in [6, 6.07) is 9.03. The van der Waals surface area contributed by atoms with Crippen LogP contribution < -0.4 is 9.04 Å². The van der Waals surface area contributed by atoms with E-state index in [-0.39, 0.29) is 6.54 Å². The van der Waals surface area contributed by atoms with Crippen LogP contribution in [-0.4, -0.2) is 36.5 Å². The SMILES string of the molecule is COc1c(C)cnc(CN(c2cccc(-n3cccn3)c2)S(C)(=O)=O)c1C. The van der Waals surface area contributed by atoms with Gasteiger partial charge in [0.2, 0.25) is 10.0 Å². The molecule has 0 radical (unpaired) electrons. The number of pyridine rings is 1. The Kier molecular flexibility index (Phi) is 5.18. The normalized spacial score (nSPS) is 11.4. The number of hydrogen-bond acceptors (Lipinski definition) is 5. The Morgan fingerprint density at radius 2 is 2.00 bits per heavy atom. The first-order chi connectivity index (χ1) is 12.8. The van der Waals surface area contributed by atoms with Gasteiger partial charge >= 0.3 is 0 Å². The van der Waals surface area contributed by atoms with Crippen LogP contribution in [0.4, 0.5) is 5.69 Å². The average Bonchev–Trinajstić information content (AvgIpc) is 3.15. The molecule has 0 saturated heterocycles. The first-order valence-electron chi connectivity index (χ1n) is 8.38. The van der Waals surface area contributed by atoms with E-state index in [1.54, 1.807) is 48.6 Å². The lowest BCUT2D eigenvalue weighted by atomic mass is 10.1. The van der Waals surface area contributed by atoms with Gasteiger partial charge in [-0.05, 0) is 38.1 Å². The molecule has 2 heterocycles. The third-order valence-electron chi connectivity index (χ3n) is 4.33. The van der Waals surface area contributed by atoms with Gasteiger partial charge in [-0.25, -0.2) is 13.1 Å². The van der Waals surface area contributed by atoms with E-state index in [1.165, 1.54) is 10.6 Å². The van der Waals surface area contributed by atoms with Gasteiger partial charge in [-0.1, -0.05) is 6.07 Å². The second kappa shape index (κ2) is 7.40. The molecule has 142 valence electrons. The summed E-state index contributed by atoms with van der Waals surface area (Å²) in [6.45, 7) is 3.91. The molecule has 0 atom stereocenters. The molecular weight excluding hydrogens is 364 g/mol. The standard InChI is InChI=1S/C19H22N4O3S/c1-14-12-20-18(15(2)19(14)26-3)13-23(27(4,24)25)17-8-5-7-16(11-17)22-10-6-9-21-22/h5-12H,13H2,1-4H3. The zero-order chi connectivity index (χ0) is 19.6. The molecule has 1 aromatic carbocycles. The van der Waals surface area contributed by atoms with Crippen molar-refractivity contribution in [1.29, 1.82) is 0 Å². The quantitative estimate of drug-likeness (QED) is 0.651. The van der Waals surface area contributed by atoms with Crippen LogP contribution in [0, 0.1) is 13.8 Å². The number of aryl methyl sites for hydroxylation is 1. The number of rotatable bonds is 6. The van der Waals surface area contributed by atoms with Gasteiger partial charge in [-0.2, -0.15) is 5.10 Å². The Bertz CT molecular complexity index is 1050. The van der Waals surface area contributed by atoms with Crippen molar-refractivity contribution in [3.8, 4) is 11.4 Å². The number of nitrogens with zero attached hydrogens (tertiary/aromatic N) is 4. The van der Waals surface area contributed by atoms with E-state index < -0.39 is 10.0 Å². The molecule has 7 nitrogen and oxygen atoms in total. The molecule has 0 aliphatic rings. The number of ether oxygens (including phenoxy) is 1. The largest absolute Gasteiger partial charge is 0.496 e. The van der Waals surface area contributed by atoms with Crippen LogP contribution in [0.25, 0.3) is 5.69 Å². The number of methoxy groups -OCH3 is 1. The molecule has 0 spiro atoms. The first-order valence-corrected chi connectivity index (χ1v) is 10.2. The van der Waals surface area contributed by atoms with Crippen LogP contribution in [0.15, 0.2) is 48.9 Å². The van der Waals surface area contributed by atoms with Gasteiger partial charge in [0.1, 0.15) is 5.75 Å². The highest BCUT2D eigenvalue weighted by Crippen LogP contribution is 2.28. The Hall–Kier alpha value is -2.87. The molecule has 0 amide bonds. The lowest BCUT2D eigenvalue weighted by molar-refractivity contribution is 0.407. The number of hydrogen-bond donors (Lipinski definition) is 0. The number of sulfonamides is 1. The van der Waals surface area contributed by atoms with Gasteiger partial charge in [0, 0.05) is 29.7 Å². The highest BCUT2D eigenvalue weighted by molar-refractivity contribution is 7.92. The summed E-state index contributed by atoms with van der Waals surface area (Å²) in [5, 5.41) is 4.20. The van der Waals surface area contributed by atoms with Crippen molar-refractivity contribution in [2.45, 2.75) is 20.4 Å². The minimum atomic E-state index is -3.53. The highest BCUT2D eigenvalue weighted by Gasteiger charge is 2.21. The van der Waals surface area contributed by atoms with Crippen molar-refractivity contribution in [3.05, 3.63) is 65.7 Å². The summed E-state index contributed by atoms with van der Waals surface area (Å²) in [7, 11) is -1.93. The van der Waals surface area contributed by atoms with Crippen LogP contribution >= 0.6 is 0 Å². The Labute approximate surface area is 159 Å². The smallest absolute Gasteiger partial charge is 0.232 e. The fourth-order valence-corrected chi connectivity index (χ4v) is 3.83. The summed E-state index contributed by atoms with van der Waals surface area (Å²) in [5.41, 5.74) is 3.70. The van der Waals surface area contributed by atoms with Gasteiger partial charge < -0.3 is 4.74 Å². The maximum Gasteiger partial charge on any atom is 0.232 e. The van der Waals surface area contributed by atoms with Crippen molar-refractivity contribution in [1.82, 2.24) is 14.8 Å². The second-order valence-corrected chi connectivity index (χ2v) is 8.19. The molecule has 0 unspecified atom stereocenters. The van der Waals surface area contributed by atoms with Crippen LogP contribution in [-0.2, 0) is 16.6 Å². The lowest BCUT2D eigenvalue weighted by Gasteiger charge is -2.24. The van der Waals surface area contributed by atoms with E-state index in [1.807, 2.05) is 26.0 Å². The van der Waals surface area contributed by atoms with E-state index in [0.717, 1.165) is 22.6 Å². The Balaban J connectivity index is 2.04. The zero-order valence-electron chi connectivity index (χ0n) is 15.7. The van der Waals surface area contributed by atoms with Gasteiger partial charge in [-0.3, -0.25) is 9.29 Å². The van der Waals surface area contributed by atoms with Crippen molar-refractivity contribution in [3.63, 3.8) is 0 Å². The van der Waals surface area contributed by atoms with Gasteiger partial charge in [-0.15, -0.1) is 0 Å². The van der Waals surface area contributed by atoms with E-state index in [4.69, 9.17) is 4.74 Å². The number of anilines is 1. The molecule has 3 aromatic rings. The molecule has 0 N–H and O–H groups in total. The summed E-state index contributed by atoms with van der Waals surface area (Å²) in [6.07, 6.45) is 6.36. The number of benzene rings is 1. The van der Waals surface area contributed by atoms with Crippen molar-refractivity contribution in [2.24, 2.45) is 0 Å². The molecule has 27 heavy (non-hydrogen) atoms. The van der Waals surface area contributed by atoms with E-state index in [2.05, 4.69) is 10.1 Å². The molecule has 0 bridgehead atoms. The first kappa shape index (κ1) is 18.9. The Morgan fingerprint density at radius 1 is 1.22 bits per heavy atom. The molecule has 0 saturated carbocycles. The third-order valence-corrected chi connectivity index (χ3v) is 5.47. The summed E-state index contributed by atoms with van der Waals surface area (Å²) < 4.78 is 33.5. The highest BCUT2D eigenvalue weighted by atomic mass is 32.2. The van der Waals surface area contributed by atoms with Crippen LogP contribution in [0.3, 0.4) is 0 Å². The molecule has 0 fully saturated rings. The third kappa shape index (κ3) is 3.95. The van der Waals surface area contributed by atoms with Crippen molar-refractivity contribution < 1.29 is 13.2 Å². The van der Waals surface area contributed by atoms with Crippen molar-refractivity contribution in [2.75, 3.05) is 17.7 Å². The topological polar surface area (TPSA) is 77.3 Å². The van der Waals surface area contributed by atoms with E-state index in [9.17, 15) is 8.42 Å². The fourth-order valence-electron chi connectivity index (χ4n) is 2.98. The van der Waals surface area contributed by atoms with E-state index >= 15 is 0 Å². The summed E-state index contributed by atoms with van der Waals surface area (Å²) >= 11 is 0. The van der Waals surface area contributed by atoms with Gasteiger partial charge in [0.25, 0.3) is 0 Å². The van der Waals surface area contributed by atoms with Gasteiger partial charge in [0.15, 0.2) is 0 Å². The zero-order valence-corrected chi connectivity index (χ0v) is 16.6. The molecule has 0 aliphatic carbocycles.